The minimum absolute atomic E-state index is 0.157. The second kappa shape index (κ2) is 7.53. The molecule has 6 heteroatoms. The van der Waals surface area contributed by atoms with Crippen molar-refractivity contribution in [3.05, 3.63) is 16.1 Å². The van der Waals surface area contributed by atoms with E-state index in [2.05, 4.69) is 15.3 Å². The van der Waals surface area contributed by atoms with Crippen molar-refractivity contribution in [2.24, 2.45) is 0 Å². The minimum atomic E-state index is 0.157. The maximum absolute atomic E-state index is 12.4. The van der Waals surface area contributed by atoms with Crippen LogP contribution in [-0.2, 0) is 16.1 Å². The second-order valence-corrected chi connectivity index (χ2v) is 7.27. The molecule has 0 radical (unpaired) electrons. The SMILES string of the molecule is Cc1nc(CN2CCCN(C(=O)C[C@@H]3CCCO3)CC2)cs1. The van der Waals surface area contributed by atoms with Crippen LogP contribution >= 0.6 is 11.3 Å². The molecule has 1 aromatic heterocycles. The number of aryl methyl sites for hydroxylation is 1. The summed E-state index contributed by atoms with van der Waals surface area (Å²) in [5.74, 6) is 0.262. The highest BCUT2D eigenvalue weighted by atomic mass is 32.1. The summed E-state index contributed by atoms with van der Waals surface area (Å²) in [5.41, 5.74) is 1.15. The molecule has 0 bridgehead atoms. The molecule has 1 amide bonds. The molecule has 0 aromatic carbocycles. The Hall–Kier alpha value is -0.980. The standard InChI is InChI=1S/C16H25N3O2S/c1-13-17-14(12-22-13)11-18-5-3-6-19(8-7-18)16(20)10-15-4-2-9-21-15/h12,15H,2-11H2,1H3/t15-/m0/s1. The molecule has 122 valence electrons. The van der Waals surface area contributed by atoms with Gasteiger partial charge in [-0.05, 0) is 26.2 Å². The average Bonchev–Trinajstić information content (AvgIpc) is 3.07. The largest absolute Gasteiger partial charge is 0.378 e. The molecule has 3 heterocycles. The van der Waals surface area contributed by atoms with E-state index >= 15 is 0 Å². The molecule has 0 saturated carbocycles. The van der Waals surface area contributed by atoms with Crippen molar-refractivity contribution >= 4 is 17.2 Å². The summed E-state index contributed by atoms with van der Waals surface area (Å²) in [7, 11) is 0. The fourth-order valence-corrected chi connectivity index (χ4v) is 3.82. The Kier molecular flexibility index (Phi) is 5.44. The number of rotatable bonds is 4. The zero-order valence-corrected chi connectivity index (χ0v) is 14.1. The molecule has 0 aliphatic carbocycles. The summed E-state index contributed by atoms with van der Waals surface area (Å²) in [6, 6.07) is 0. The lowest BCUT2D eigenvalue weighted by Crippen LogP contribution is -2.36. The Balaban J connectivity index is 1.47. The van der Waals surface area contributed by atoms with E-state index in [1.807, 2.05) is 11.8 Å². The van der Waals surface area contributed by atoms with E-state index in [0.29, 0.717) is 6.42 Å². The van der Waals surface area contributed by atoms with Crippen LogP contribution in [0.2, 0.25) is 0 Å². The molecule has 0 N–H and O–H groups in total. The normalized spacial score (nSPS) is 23.7. The molecule has 2 saturated heterocycles. The first-order valence-electron chi connectivity index (χ1n) is 8.23. The van der Waals surface area contributed by atoms with Gasteiger partial charge in [0.1, 0.15) is 0 Å². The predicted molar refractivity (Wildman–Crippen MR) is 86.9 cm³/mol. The van der Waals surface area contributed by atoms with Gasteiger partial charge < -0.3 is 9.64 Å². The minimum Gasteiger partial charge on any atom is -0.378 e. The molecule has 0 unspecified atom stereocenters. The van der Waals surface area contributed by atoms with Gasteiger partial charge in [-0.25, -0.2) is 4.98 Å². The number of hydrogen-bond donors (Lipinski definition) is 0. The van der Waals surface area contributed by atoms with E-state index in [9.17, 15) is 4.79 Å². The first-order chi connectivity index (χ1) is 10.7. The van der Waals surface area contributed by atoms with E-state index in [0.717, 1.165) is 69.3 Å². The van der Waals surface area contributed by atoms with Gasteiger partial charge in [-0.2, -0.15) is 0 Å². The van der Waals surface area contributed by atoms with Gasteiger partial charge in [0.15, 0.2) is 0 Å². The van der Waals surface area contributed by atoms with Gasteiger partial charge in [-0.15, -0.1) is 11.3 Å². The molecule has 2 aliphatic rings. The summed E-state index contributed by atoms with van der Waals surface area (Å²) in [6.45, 7) is 7.44. The van der Waals surface area contributed by atoms with Crippen molar-refractivity contribution in [1.82, 2.24) is 14.8 Å². The van der Waals surface area contributed by atoms with Crippen LogP contribution in [0, 0.1) is 6.92 Å². The summed E-state index contributed by atoms with van der Waals surface area (Å²) < 4.78 is 5.58. The van der Waals surface area contributed by atoms with Crippen LogP contribution in [-0.4, -0.2) is 59.6 Å². The van der Waals surface area contributed by atoms with Crippen LogP contribution in [0.15, 0.2) is 5.38 Å². The fourth-order valence-electron chi connectivity index (χ4n) is 3.22. The van der Waals surface area contributed by atoms with Gasteiger partial charge >= 0.3 is 0 Å². The summed E-state index contributed by atoms with van der Waals surface area (Å²) in [5, 5.41) is 3.26. The van der Waals surface area contributed by atoms with Gasteiger partial charge in [-0.3, -0.25) is 9.69 Å². The zero-order valence-electron chi connectivity index (χ0n) is 13.3. The van der Waals surface area contributed by atoms with Crippen molar-refractivity contribution in [1.29, 1.82) is 0 Å². The van der Waals surface area contributed by atoms with E-state index < -0.39 is 0 Å². The highest BCUT2D eigenvalue weighted by Crippen LogP contribution is 2.17. The molecule has 0 spiro atoms. The van der Waals surface area contributed by atoms with E-state index in [4.69, 9.17) is 4.74 Å². The van der Waals surface area contributed by atoms with Crippen molar-refractivity contribution in [2.45, 2.75) is 45.3 Å². The second-order valence-electron chi connectivity index (χ2n) is 6.21. The summed E-state index contributed by atoms with van der Waals surface area (Å²) >= 11 is 1.71. The number of ether oxygens (including phenoxy) is 1. The fraction of sp³-hybridized carbons (Fsp3) is 0.750. The Bertz CT molecular complexity index is 499. The first-order valence-corrected chi connectivity index (χ1v) is 9.11. The Morgan fingerprint density at radius 2 is 2.27 bits per heavy atom. The number of aromatic nitrogens is 1. The van der Waals surface area contributed by atoms with E-state index in [1.54, 1.807) is 11.3 Å². The van der Waals surface area contributed by atoms with Crippen LogP contribution in [0.3, 0.4) is 0 Å². The molecule has 1 atom stereocenters. The third-order valence-corrected chi connectivity index (χ3v) is 5.24. The molecule has 2 aliphatic heterocycles. The zero-order chi connectivity index (χ0) is 15.4. The molecule has 1 aromatic rings. The van der Waals surface area contributed by atoms with Crippen molar-refractivity contribution in [3.8, 4) is 0 Å². The van der Waals surface area contributed by atoms with Crippen molar-refractivity contribution in [2.75, 3.05) is 32.8 Å². The van der Waals surface area contributed by atoms with Crippen LogP contribution in [0.1, 0.15) is 36.4 Å². The highest BCUT2D eigenvalue weighted by Gasteiger charge is 2.24. The molecular weight excluding hydrogens is 298 g/mol. The number of carbonyl (C=O) groups is 1. The van der Waals surface area contributed by atoms with Gasteiger partial charge in [-0.1, -0.05) is 0 Å². The first kappa shape index (κ1) is 15.9. The Morgan fingerprint density at radius 1 is 1.36 bits per heavy atom. The number of carbonyl (C=O) groups excluding carboxylic acids is 1. The number of amides is 1. The van der Waals surface area contributed by atoms with Crippen molar-refractivity contribution in [3.63, 3.8) is 0 Å². The van der Waals surface area contributed by atoms with Crippen LogP contribution < -0.4 is 0 Å². The van der Waals surface area contributed by atoms with Crippen LogP contribution in [0.25, 0.3) is 0 Å². The lowest BCUT2D eigenvalue weighted by molar-refractivity contribution is -0.133. The van der Waals surface area contributed by atoms with Gasteiger partial charge in [0.05, 0.1) is 23.2 Å². The highest BCUT2D eigenvalue weighted by molar-refractivity contribution is 7.09. The van der Waals surface area contributed by atoms with Crippen molar-refractivity contribution < 1.29 is 9.53 Å². The summed E-state index contributed by atoms with van der Waals surface area (Å²) in [6.07, 6.45) is 3.89. The molecule has 5 nitrogen and oxygen atoms in total. The smallest absolute Gasteiger partial charge is 0.225 e. The third-order valence-electron chi connectivity index (χ3n) is 4.42. The van der Waals surface area contributed by atoms with Gasteiger partial charge in [0, 0.05) is 44.7 Å². The van der Waals surface area contributed by atoms with E-state index in [-0.39, 0.29) is 12.0 Å². The number of thiazole rings is 1. The van der Waals surface area contributed by atoms with Crippen LogP contribution in [0.4, 0.5) is 0 Å². The van der Waals surface area contributed by atoms with Gasteiger partial charge in [0.25, 0.3) is 0 Å². The number of hydrogen-bond acceptors (Lipinski definition) is 5. The molecule has 2 fully saturated rings. The summed E-state index contributed by atoms with van der Waals surface area (Å²) in [4.78, 5) is 21.4. The maximum atomic E-state index is 12.4. The topological polar surface area (TPSA) is 45.7 Å². The monoisotopic (exact) mass is 323 g/mol. The van der Waals surface area contributed by atoms with Gasteiger partial charge in [0.2, 0.25) is 5.91 Å². The third kappa shape index (κ3) is 4.27. The molecule has 22 heavy (non-hydrogen) atoms. The molecule has 3 rings (SSSR count). The predicted octanol–water partition coefficient (Wildman–Crippen LogP) is 2.05. The Morgan fingerprint density at radius 3 is 3.00 bits per heavy atom. The lowest BCUT2D eigenvalue weighted by atomic mass is 10.1. The van der Waals surface area contributed by atoms with Crippen LogP contribution in [0.5, 0.6) is 0 Å². The lowest BCUT2D eigenvalue weighted by Gasteiger charge is -2.22. The maximum Gasteiger partial charge on any atom is 0.225 e. The molecular formula is C16H25N3O2S. The number of nitrogens with zero attached hydrogens (tertiary/aromatic N) is 3. The average molecular weight is 323 g/mol. The van der Waals surface area contributed by atoms with E-state index in [1.165, 1.54) is 0 Å². The Labute approximate surface area is 136 Å². The quantitative estimate of drug-likeness (QED) is 0.851.